The first-order valence-corrected chi connectivity index (χ1v) is 9.36. The molecule has 2 saturated heterocycles. The Labute approximate surface area is 154 Å². The minimum atomic E-state index is -0.828. The van der Waals surface area contributed by atoms with Gasteiger partial charge < -0.3 is 19.3 Å². The molecular formula is C20H27N3O3. The van der Waals surface area contributed by atoms with E-state index in [9.17, 15) is 9.90 Å². The van der Waals surface area contributed by atoms with Crippen LogP contribution in [0, 0.1) is 6.92 Å². The lowest BCUT2D eigenvalue weighted by atomic mass is 10.0. The van der Waals surface area contributed by atoms with E-state index in [1.54, 1.807) is 4.90 Å². The van der Waals surface area contributed by atoms with Gasteiger partial charge in [0.1, 0.15) is 5.58 Å². The number of para-hydroxylation sites is 1. The predicted octanol–water partition coefficient (Wildman–Crippen LogP) is 1.57. The first-order chi connectivity index (χ1) is 12.5. The van der Waals surface area contributed by atoms with E-state index in [1.807, 2.05) is 31.2 Å². The molecule has 4 rings (SSSR count). The molecule has 2 aromatic rings. The number of rotatable bonds is 3. The van der Waals surface area contributed by atoms with Crippen molar-refractivity contribution in [2.24, 2.45) is 0 Å². The van der Waals surface area contributed by atoms with E-state index in [0.717, 1.165) is 42.7 Å². The van der Waals surface area contributed by atoms with Crippen molar-refractivity contribution in [2.45, 2.75) is 18.9 Å². The average Bonchev–Trinajstić information content (AvgIpc) is 3.18. The molecule has 1 aromatic heterocycles. The predicted molar refractivity (Wildman–Crippen MR) is 100 cm³/mol. The van der Waals surface area contributed by atoms with E-state index in [2.05, 4.69) is 16.8 Å². The first kappa shape index (κ1) is 17.5. The van der Waals surface area contributed by atoms with E-state index >= 15 is 0 Å². The number of likely N-dealkylation sites (N-methyl/N-ethyl adjacent to an activating group) is 1. The fourth-order valence-corrected chi connectivity index (χ4v) is 4.10. The lowest BCUT2D eigenvalue weighted by molar-refractivity contribution is 0.000296. The van der Waals surface area contributed by atoms with Gasteiger partial charge in [-0.1, -0.05) is 18.2 Å². The minimum absolute atomic E-state index is 0.118. The minimum Gasteiger partial charge on any atom is -0.451 e. The molecule has 0 saturated carbocycles. The van der Waals surface area contributed by atoms with Crippen molar-refractivity contribution in [3.05, 3.63) is 35.6 Å². The SMILES string of the molecule is Cc1c(C(=O)N2CC[C@@](O)(CN3CCN(C)CC3)C2)oc2ccccc12. The molecule has 3 heterocycles. The van der Waals surface area contributed by atoms with Crippen LogP contribution < -0.4 is 0 Å². The van der Waals surface area contributed by atoms with E-state index in [0.29, 0.717) is 31.8 Å². The van der Waals surface area contributed by atoms with Gasteiger partial charge in [-0.15, -0.1) is 0 Å². The summed E-state index contributed by atoms with van der Waals surface area (Å²) in [5.41, 5.74) is 0.784. The number of aliphatic hydroxyl groups is 1. The van der Waals surface area contributed by atoms with Crippen molar-refractivity contribution in [3.63, 3.8) is 0 Å². The number of nitrogens with zero attached hydrogens (tertiary/aromatic N) is 3. The van der Waals surface area contributed by atoms with Gasteiger partial charge >= 0.3 is 0 Å². The van der Waals surface area contributed by atoms with Crippen molar-refractivity contribution in [1.29, 1.82) is 0 Å². The highest BCUT2D eigenvalue weighted by Crippen LogP contribution is 2.29. The van der Waals surface area contributed by atoms with E-state index in [4.69, 9.17) is 4.42 Å². The summed E-state index contributed by atoms with van der Waals surface area (Å²) in [5.74, 6) is 0.281. The Hall–Kier alpha value is -1.89. The highest BCUT2D eigenvalue weighted by molar-refractivity contribution is 5.99. The van der Waals surface area contributed by atoms with Crippen LogP contribution >= 0.6 is 0 Å². The summed E-state index contributed by atoms with van der Waals surface area (Å²) in [6.07, 6.45) is 0.615. The topological polar surface area (TPSA) is 60.2 Å². The third-order valence-electron chi connectivity index (χ3n) is 5.77. The van der Waals surface area contributed by atoms with Crippen LogP contribution in [-0.4, -0.2) is 84.2 Å². The molecular weight excluding hydrogens is 330 g/mol. The maximum Gasteiger partial charge on any atom is 0.289 e. The Morgan fingerprint density at radius 1 is 1.19 bits per heavy atom. The molecule has 6 nitrogen and oxygen atoms in total. The van der Waals surface area contributed by atoms with Crippen LogP contribution in [0.2, 0.25) is 0 Å². The van der Waals surface area contributed by atoms with Gasteiger partial charge in [0.05, 0.1) is 12.1 Å². The van der Waals surface area contributed by atoms with Gasteiger partial charge in [0.25, 0.3) is 5.91 Å². The Morgan fingerprint density at radius 3 is 2.65 bits per heavy atom. The number of likely N-dealkylation sites (tertiary alicyclic amines) is 1. The van der Waals surface area contributed by atoms with Gasteiger partial charge in [-0.3, -0.25) is 9.69 Å². The maximum atomic E-state index is 13.0. The van der Waals surface area contributed by atoms with E-state index < -0.39 is 5.60 Å². The van der Waals surface area contributed by atoms with E-state index in [-0.39, 0.29) is 5.91 Å². The fourth-order valence-electron chi connectivity index (χ4n) is 4.10. The van der Waals surface area contributed by atoms with Crippen LogP contribution in [0.15, 0.2) is 28.7 Å². The Bertz CT molecular complexity index is 810. The zero-order valence-corrected chi connectivity index (χ0v) is 15.6. The molecule has 0 spiro atoms. The second-order valence-electron chi connectivity index (χ2n) is 7.83. The van der Waals surface area contributed by atoms with Crippen LogP contribution in [0.3, 0.4) is 0 Å². The molecule has 1 amide bonds. The van der Waals surface area contributed by atoms with Crippen LogP contribution in [0.25, 0.3) is 11.0 Å². The third-order valence-corrected chi connectivity index (χ3v) is 5.77. The van der Waals surface area contributed by atoms with Gasteiger partial charge in [0.15, 0.2) is 5.76 Å². The summed E-state index contributed by atoms with van der Waals surface area (Å²) >= 11 is 0. The summed E-state index contributed by atoms with van der Waals surface area (Å²) < 4.78 is 5.81. The van der Waals surface area contributed by atoms with Gasteiger partial charge in [-0.25, -0.2) is 0 Å². The Morgan fingerprint density at radius 2 is 1.92 bits per heavy atom. The monoisotopic (exact) mass is 357 g/mol. The fraction of sp³-hybridized carbons (Fsp3) is 0.550. The number of amides is 1. The Kier molecular flexibility index (Phi) is 4.50. The van der Waals surface area contributed by atoms with Crippen LogP contribution in [-0.2, 0) is 0 Å². The second-order valence-corrected chi connectivity index (χ2v) is 7.83. The third kappa shape index (κ3) is 3.24. The second kappa shape index (κ2) is 6.68. The largest absolute Gasteiger partial charge is 0.451 e. The molecule has 0 radical (unpaired) electrons. The molecule has 0 unspecified atom stereocenters. The van der Waals surface area contributed by atoms with Crippen molar-refractivity contribution >= 4 is 16.9 Å². The van der Waals surface area contributed by atoms with Crippen molar-refractivity contribution in [3.8, 4) is 0 Å². The summed E-state index contributed by atoms with van der Waals surface area (Å²) in [5, 5.41) is 12.0. The molecule has 140 valence electrons. The number of carbonyl (C=O) groups excluding carboxylic acids is 1. The number of fused-ring (bicyclic) bond motifs is 1. The van der Waals surface area contributed by atoms with Crippen LogP contribution in [0.1, 0.15) is 22.5 Å². The number of β-amino-alcohol motifs (C(OH)–C–C–N with tert-alkyl or cyclic N) is 1. The molecule has 2 aliphatic rings. The molecule has 1 N–H and O–H groups in total. The first-order valence-electron chi connectivity index (χ1n) is 9.36. The van der Waals surface area contributed by atoms with Gasteiger partial charge in [0.2, 0.25) is 0 Å². The zero-order valence-electron chi connectivity index (χ0n) is 15.6. The van der Waals surface area contributed by atoms with Crippen LogP contribution in [0.5, 0.6) is 0 Å². The summed E-state index contributed by atoms with van der Waals surface area (Å²) in [4.78, 5) is 19.3. The van der Waals surface area contributed by atoms with Crippen LogP contribution in [0.4, 0.5) is 0 Å². The number of carbonyl (C=O) groups is 1. The molecule has 6 heteroatoms. The number of hydrogen-bond acceptors (Lipinski definition) is 5. The molecule has 1 atom stereocenters. The van der Waals surface area contributed by atoms with Crippen molar-refractivity contribution in [1.82, 2.24) is 14.7 Å². The summed E-state index contributed by atoms with van der Waals surface area (Å²) in [7, 11) is 2.12. The highest BCUT2D eigenvalue weighted by atomic mass is 16.3. The maximum absolute atomic E-state index is 13.0. The molecule has 0 bridgehead atoms. The molecule has 1 aromatic carbocycles. The highest BCUT2D eigenvalue weighted by Gasteiger charge is 2.41. The molecule has 0 aliphatic carbocycles. The van der Waals surface area contributed by atoms with Crippen molar-refractivity contribution in [2.75, 3.05) is 52.9 Å². The molecule has 2 fully saturated rings. The number of aryl methyl sites for hydroxylation is 1. The normalized spacial score (nSPS) is 25.3. The Balaban J connectivity index is 1.45. The van der Waals surface area contributed by atoms with Gasteiger partial charge in [-0.05, 0) is 26.5 Å². The number of benzene rings is 1. The lowest BCUT2D eigenvalue weighted by Gasteiger charge is -2.36. The number of hydrogen-bond donors (Lipinski definition) is 1. The standard InChI is InChI=1S/C20H27N3O3/c1-15-16-5-3-4-6-17(16)26-18(15)19(24)23-8-7-20(25,14-23)13-22-11-9-21(2)10-12-22/h3-6,25H,7-14H2,1-2H3/t20-/m1/s1. The zero-order chi connectivity index (χ0) is 18.3. The smallest absolute Gasteiger partial charge is 0.289 e. The number of furan rings is 1. The lowest BCUT2D eigenvalue weighted by Crippen LogP contribution is -2.52. The molecule has 2 aliphatic heterocycles. The molecule has 26 heavy (non-hydrogen) atoms. The summed E-state index contributed by atoms with van der Waals surface area (Å²) in [6.45, 7) is 7.47. The van der Waals surface area contributed by atoms with Gasteiger partial charge in [0, 0.05) is 50.2 Å². The van der Waals surface area contributed by atoms with Gasteiger partial charge in [-0.2, -0.15) is 0 Å². The average molecular weight is 357 g/mol. The van der Waals surface area contributed by atoms with Crippen molar-refractivity contribution < 1.29 is 14.3 Å². The quantitative estimate of drug-likeness (QED) is 0.904. The summed E-state index contributed by atoms with van der Waals surface area (Å²) in [6, 6.07) is 7.71. The number of piperazine rings is 1. The van der Waals surface area contributed by atoms with E-state index in [1.165, 1.54) is 0 Å².